The largest absolute Gasteiger partial charge is 0.597 e. The van der Waals surface area contributed by atoms with Crippen molar-refractivity contribution in [1.29, 1.82) is 0 Å². The van der Waals surface area contributed by atoms with Gasteiger partial charge in [0, 0.05) is 35.4 Å². The number of anilines is 1. The predicted molar refractivity (Wildman–Crippen MR) is 131 cm³/mol. The van der Waals surface area contributed by atoms with E-state index in [1.807, 2.05) is 6.92 Å². The lowest BCUT2D eigenvalue weighted by molar-refractivity contribution is 0.0519. The predicted octanol–water partition coefficient (Wildman–Crippen LogP) is 4.11. The third-order valence-corrected chi connectivity index (χ3v) is 9.85. The Bertz CT molecular complexity index is 1120. The number of carbonyl (C=O) groups is 1. The van der Waals surface area contributed by atoms with Gasteiger partial charge in [0.1, 0.15) is 4.60 Å². The molecule has 1 aromatic heterocycles. The molecule has 3 aliphatic rings. The zero-order valence-electron chi connectivity index (χ0n) is 19.4. The number of aryl methyl sites for hydroxylation is 1. The zero-order valence-corrected chi connectivity index (χ0v) is 21.8. The molecule has 33 heavy (non-hydrogen) atoms. The van der Waals surface area contributed by atoms with E-state index in [4.69, 9.17) is 9.72 Å². The fourth-order valence-corrected chi connectivity index (χ4v) is 7.15. The number of nitrogens with one attached hydrogen (secondary N) is 1. The lowest BCUT2D eigenvalue weighted by Crippen LogP contribution is -2.53. The summed E-state index contributed by atoms with van der Waals surface area (Å²) in [7, 11) is 0. The molecule has 1 unspecified atom stereocenters. The number of fused-ring (bicyclic) bond motifs is 1. The van der Waals surface area contributed by atoms with Gasteiger partial charge < -0.3 is 14.2 Å². The molecule has 2 aliphatic heterocycles. The number of nitrogens with zero attached hydrogens (tertiary/aromatic N) is 3. The van der Waals surface area contributed by atoms with Crippen molar-refractivity contribution >= 4 is 39.1 Å². The minimum Gasteiger partial charge on any atom is -0.597 e. The van der Waals surface area contributed by atoms with Gasteiger partial charge in [-0.15, -0.1) is 4.72 Å². The van der Waals surface area contributed by atoms with Gasteiger partial charge in [-0.25, -0.2) is 14.8 Å². The molecule has 0 saturated carbocycles. The van der Waals surface area contributed by atoms with Gasteiger partial charge in [-0.1, -0.05) is 18.2 Å². The Balaban J connectivity index is 1.44. The van der Waals surface area contributed by atoms with E-state index < -0.39 is 22.1 Å². The van der Waals surface area contributed by atoms with Crippen LogP contribution in [0.2, 0.25) is 0 Å². The molecule has 1 saturated heterocycles. The topological polar surface area (TPSA) is 90.4 Å². The van der Waals surface area contributed by atoms with Crippen molar-refractivity contribution in [1.82, 2.24) is 14.7 Å². The van der Waals surface area contributed by atoms with Crippen LogP contribution in [0.15, 0.2) is 22.8 Å². The molecule has 1 aliphatic carbocycles. The highest BCUT2D eigenvalue weighted by Gasteiger charge is 2.56. The standard InChI is InChI=1S/C24H29BrN4O3S/c1-5-32-22(30)18-21(26-14(2)20(25)27-18)29-11-9-24(10-12-29)13-15-7-6-8-16-17(15)19(24)28-33(31)23(16,3)4/h6-8,19,28H,5,9-13H2,1-4H3/t19-,33?/m1/s1. The van der Waals surface area contributed by atoms with Gasteiger partial charge in [0.15, 0.2) is 16.3 Å². The van der Waals surface area contributed by atoms with Crippen molar-refractivity contribution < 1.29 is 14.1 Å². The van der Waals surface area contributed by atoms with Crippen molar-refractivity contribution in [2.75, 3.05) is 24.6 Å². The van der Waals surface area contributed by atoms with E-state index in [1.54, 1.807) is 6.92 Å². The molecule has 1 N–H and O–H groups in total. The lowest BCUT2D eigenvalue weighted by Gasteiger charge is -2.46. The number of hydrogen-bond donors (Lipinski definition) is 1. The first kappa shape index (κ1) is 23.1. The van der Waals surface area contributed by atoms with Crippen LogP contribution in [0.4, 0.5) is 5.82 Å². The number of esters is 1. The van der Waals surface area contributed by atoms with Crippen molar-refractivity contribution in [3.05, 3.63) is 50.9 Å². The molecule has 0 amide bonds. The molecular formula is C24H29BrN4O3S. The molecule has 2 aromatic rings. The highest BCUT2D eigenvalue weighted by molar-refractivity contribution is 9.10. The quantitative estimate of drug-likeness (QED) is 0.469. The first-order valence-electron chi connectivity index (χ1n) is 11.4. The minimum absolute atomic E-state index is 0.00300. The molecule has 7 nitrogen and oxygen atoms in total. The Labute approximate surface area is 206 Å². The van der Waals surface area contributed by atoms with Gasteiger partial charge in [0.05, 0.1) is 18.3 Å². The summed E-state index contributed by atoms with van der Waals surface area (Å²) in [5.74, 6) is 0.131. The van der Waals surface area contributed by atoms with Crippen LogP contribution in [0.1, 0.15) is 72.5 Å². The third kappa shape index (κ3) is 3.59. The lowest BCUT2D eigenvalue weighted by atomic mass is 9.72. The molecule has 1 spiro atoms. The number of ether oxygens (including phenoxy) is 1. The summed E-state index contributed by atoms with van der Waals surface area (Å²) in [6, 6.07) is 6.56. The Morgan fingerprint density at radius 2 is 2.06 bits per heavy atom. The van der Waals surface area contributed by atoms with Crippen molar-refractivity contribution in [3.63, 3.8) is 0 Å². The second kappa shape index (κ2) is 8.22. The Morgan fingerprint density at radius 1 is 1.33 bits per heavy atom. The number of halogens is 1. The van der Waals surface area contributed by atoms with Crippen LogP contribution >= 0.6 is 15.9 Å². The first-order valence-corrected chi connectivity index (χ1v) is 13.4. The van der Waals surface area contributed by atoms with Crippen LogP contribution in [0, 0.1) is 12.3 Å². The van der Waals surface area contributed by atoms with Gasteiger partial charge >= 0.3 is 5.97 Å². The Kier molecular flexibility index (Phi) is 5.75. The summed E-state index contributed by atoms with van der Waals surface area (Å²) >= 11 is 2.25. The number of carbonyl (C=O) groups excluding carboxylic acids is 1. The molecular weight excluding hydrogens is 504 g/mol. The van der Waals surface area contributed by atoms with Crippen LogP contribution < -0.4 is 9.62 Å². The maximum Gasteiger partial charge on any atom is 0.360 e. The van der Waals surface area contributed by atoms with Crippen molar-refractivity contribution in [2.45, 2.75) is 57.7 Å². The minimum atomic E-state index is -1.15. The van der Waals surface area contributed by atoms with Gasteiger partial charge in [0.2, 0.25) is 0 Å². The summed E-state index contributed by atoms with van der Waals surface area (Å²) in [6.45, 7) is 9.56. The van der Waals surface area contributed by atoms with Crippen LogP contribution in [0.3, 0.4) is 0 Å². The van der Waals surface area contributed by atoms with Crippen LogP contribution in [-0.4, -0.2) is 40.2 Å². The van der Waals surface area contributed by atoms with E-state index in [0.29, 0.717) is 10.4 Å². The SMILES string of the molecule is CCOC(=O)c1nc(Br)c(C)nc1N1CCC2(CC1)Cc1cccc3c1[C@H]2N[S+]([O-])C3(C)C. The molecule has 2 atom stereocenters. The van der Waals surface area contributed by atoms with Gasteiger partial charge in [-0.05, 0) is 74.0 Å². The van der Waals surface area contributed by atoms with E-state index >= 15 is 0 Å². The normalized spacial score (nSPS) is 24.6. The highest BCUT2D eigenvalue weighted by atomic mass is 79.9. The molecule has 176 valence electrons. The van der Waals surface area contributed by atoms with Crippen molar-refractivity contribution in [2.24, 2.45) is 5.41 Å². The molecule has 0 radical (unpaired) electrons. The highest BCUT2D eigenvalue weighted by Crippen LogP contribution is 2.57. The van der Waals surface area contributed by atoms with E-state index in [0.717, 1.165) is 38.0 Å². The maximum atomic E-state index is 13.1. The number of aromatic nitrogens is 2. The van der Waals surface area contributed by atoms with Gasteiger partial charge in [0.25, 0.3) is 0 Å². The summed E-state index contributed by atoms with van der Waals surface area (Å²) in [5, 5.41) is 0. The average molecular weight is 533 g/mol. The fraction of sp³-hybridized carbons (Fsp3) is 0.542. The monoisotopic (exact) mass is 532 g/mol. The average Bonchev–Trinajstić information content (AvgIpc) is 3.08. The van der Waals surface area contributed by atoms with E-state index in [2.05, 4.69) is 62.6 Å². The summed E-state index contributed by atoms with van der Waals surface area (Å²) in [4.78, 5) is 23.9. The second-order valence-corrected chi connectivity index (χ2v) is 12.3. The van der Waals surface area contributed by atoms with Gasteiger partial charge in [-0.2, -0.15) is 0 Å². The molecule has 5 rings (SSSR count). The zero-order chi connectivity index (χ0) is 23.5. The number of rotatable bonds is 3. The van der Waals surface area contributed by atoms with Crippen molar-refractivity contribution in [3.8, 4) is 0 Å². The maximum absolute atomic E-state index is 13.1. The van der Waals surface area contributed by atoms with E-state index in [9.17, 15) is 9.35 Å². The fourth-order valence-electron chi connectivity index (χ4n) is 5.63. The third-order valence-electron chi connectivity index (χ3n) is 7.50. The Morgan fingerprint density at radius 3 is 2.76 bits per heavy atom. The number of piperidine rings is 1. The molecule has 9 heteroatoms. The molecule has 0 bridgehead atoms. The van der Waals surface area contributed by atoms with Crippen LogP contribution in [0.25, 0.3) is 0 Å². The summed E-state index contributed by atoms with van der Waals surface area (Å²) in [5.41, 5.74) is 4.92. The van der Waals surface area contributed by atoms with Gasteiger partial charge in [-0.3, -0.25) is 0 Å². The molecule has 3 heterocycles. The number of benzene rings is 1. The second-order valence-electron chi connectivity index (χ2n) is 9.73. The van der Waals surface area contributed by atoms with E-state index in [-0.39, 0.29) is 23.8 Å². The molecule has 1 aromatic carbocycles. The van der Waals surface area contributed by atoms with Crippen LogP contribution in [-0.2, 0) is 27.3 Å². The summed E-state index contributed by atoms with van der Waals surface area (Å²) < 4.78 is 22.0. The van der Waals surface area contributed by atoms with Crippen LogP contribution in [0.5, 0.6) is 0 Å². The smallest absolute Gasteiger partial charge is 0.360 e. The van der Waals surface area contributed by atoms with E-state index in [1.165, 1.54) is 16.7 Å². The first-order chi connectivity index (χ1) is 15.7. The summed E-state index contributed by atoms with van der Waals surface area (Å²) in [6.07, 6.45) is 2.80. The Hall–Kier alpha value is -1.68. The number of hydrogen-bond acceptors (Lipinski definition) is 7. The molecule has 1 fully saturated rings.